The van der Waals surface area contributed by atoms with Crippen LogP contribution in [0.4, 0.5) is 0 Å². The maximum Gasteiger partial charge on any atom is 0.116 e. The zero-order valence-corrected chi connectivity index (χ0v) is 10.0. The fourth-order valence-electron chi connectivity index (χ4n) is 2.35. The van der Waals surface area contributed by atoms with E-state index in [9.17, 15) is 0 Å². The van der Waals surface area contributed by atoms with Gasteiger partial charge in [-0.25, -0.2) is 4.98 Å². The van der Waals surface area contributed by atoms with Crippen molar-refractivity contribution in [3.8, 4) is 0 Å². The zero-order valence-electron chi connectivity index (χ0n) is 10.0. The first-order valence-corrected chi connectivity index (χ1v) is 6.13. The molecule has 1 aliphatic heterocycles. The van der Waals surface area contributed by atoms with Crippen LogP contribution < -0.4 is 5.46 Å². The summed E-state index contributed by atoms with van der Waals surface area (Å²) in [6, 6.07) is 4.04. The fraction of sp³-hybridized carbons (Fsp3) is 0.462. The molecule has 2 aromatic rings. The average Bonchev–Trinajstić information content (AvgIpc) is 2.69. The topological polar surface area (TPSA) is 27.1 Å². The molecule has 1 aliphatic rings. The molecule has 1 fully saturated rings. The van der Waals surface area contributed by atoms with E-state index < -0.39 is 0 Å². The molecule has 0 amide bonds. The highest BCUT2D eigenvalue weighted by Crippen LogP contribution is 2.20. The van der Waals surface area contributed by atoms with Crippen molar-refractivity contribution in [1.29, 1.82) is 0 Å². The quantitative estimate of drug-likeness (QED) is 0.735. The van der Waals surface area contributed by atoms with Gasteiger partial charge >= 0.3 is 0 Å². The van der Waals surface area contributed by atoms with E-state index in [4.69, 9.17) is 12.6 Å². The van der Waals surface area contributed by atoms with E-state index in [0.29, 0.717) is 6.10 Å². The number of aryl methyl sites for hydroxylation is 1. The van der Waals surface area contributed by atoms with Crippen molar-refractivity contribution >= 4 is 24.3 Å². The minimum Gasteiger partial charge on any atom is -0.376 e. The second kappa shape index (κ2) is 4.19. The van der Waals surface area contributed by atoms with E-state index >= 15 is 0 Å². The van der Waals surface area contributed by atoms with Gasteiger partial charge in [-0.05, 0) is 18.4 Å². The summed E-state index contributed by atoms with van der Waals surface area (Å²) in [6.45, 7) is 3.93. The summed E-state index contributed by atoms with van der Waals surface area (Å²) in [7, 11) is 5.96. The third kappa shape index (κ3) is 1.76. The van der Waals surface area contributed by atoms with Crippen LogP contribution >= 0.6 is 0 Å². The number of nitrogens with zero attached hydrogens (tertiary/aromatic N) is 2. The lowest BCUT2D eigenvalue weighted by Gasteiger charge is -2.27. The van der Waals surface area contributed by atoms with Gasteiger partial charge < -0.3 is 9.30 Å². The van der Waals surface area contributed by atoms with Crippen LogP contribution in [0.2, 0.25) is 0 Å². The Morgan fingerprint density at radius 3 is 3.00 bits per heavy atom. The number of aromatic nitrogens is 2. The molecule has 2 heterocycles. The standard InChI is InChI=1S/C13H15BN2O/c1-2-9-3-4-11(14)12-13(9)16(8-15-12)7-10-5-6-17-10/h3-4,8,10H,2,5-7H2,1H3. The third-order valence-corrected chi connectivity index (χ3v) is 3.45. The number of benzene rings is 1. The van der Waals surface area contributed by atoms with Gasteiger partial charge in [0.05, 0.1) is 30.0 Å². The van der Waals surface area contributed by atoms with Crippen molar-refractivity contribution in [1.82, 2.24) is 9.55 Å². The van der Waals surface area contributed by atoms with Gasteiger partial charge in [-0.1, -0.05) is 24.5 Å². The molecule has 0 spiro atoms. The van der Waals surface area contributed by atoms with E-state index in [1.165, 1.54) is 11.1 Å². The van der Waals surface area contributed by atoms with Crippen LogP contribution in [-0.2, 0) is 17.7 Å². The Bertz CT molecular complexity index is 546. The summed E-state index contributed by atoms with van der Waals surface area (Å²) in [5.74, 6) is 0. The van der Waals surface area contributed by atoms with Gasteiger partial charge in [0.15, 0.2) is 0 Å². The van der Waals surface area contributed by atoms with Gasteiger partial charge in [-0.2, -0.15) is 0 Å². The SMILES string of the molecule is [B]c1ccc(CC)c2c1ncn2CC1CCO1. The van der Waals surface area contributed by atoms with Crippen LogP contribution in [0, 0.1) is 0 Å². The van der Waals surface area contributed by atoms with E-state index in [1.807, 2.05) is 12.4 Å². The first-order chi connectivity index (χ1) is 8.29. The fourth-order valence-corrected chi connectivity index (χ4v) is 2.35. The van der Waals surface area contributed by atoms with E-state index in [2.05, 4.69) is 22.5 Å². The van der Waals surface area contributed by atoms with Crippen LogP contribution in [0.1, 0.15) is 18.9 Å². The molecule has 0 bridgehead atoms. The molecule has 4 heteroatoms. The summed E-state index contributed by atoms with van der Waals surface area (Å²) < 4.78 is 7.65. The second-order valence-corrected chi connectivity index (χ2v) is 4.54. The monoisotopic (exact) mass is 226 g/mol. The Balaban J connectivity index is 2.08. The van der Waals surface area contributed by atoms with E-state index in [0.717, 1.165) is 37.0 Å². The number of fused-ring (bicyclic) bond motifs is 1. The summed E-state index contributed by atoms with van der Waals surface area (Å²) in [4.78, 5) is 4.42. The molecule has 1 saturated heterocycles. The van der Waals surface area contributed by atoms with Crippen LogP contribution in [0.3, 0.4) is 0 Å². The van der Waals surface area contributed by atoms with Gasteiger partial charge in [-0.15, -0.1) is 0 Å². The Kier molecular flexibility index (Phi) is 2.67. The first-order valence-electron chi connectivity index (χ1n) is 6.13. The van der Waals surface area contributed by atoms with Crippen molar-refractivity contribution in [2.45, 2.75) is 32.4 Å². The molecule has 3 rings (SSSR count). The van der Waals surface area contributed by atoms with Crippen LogP contribution in [-0.4, -0.2) is 30.1 Å². The van der Waals surface area contributed by atoms with Gasteiger partial charge in [0.1, 0.15) is 7.85 Å². The van der Waals surface area contributed by atoms with Crippen molar-refractivity contribution in [2.75, 3.05) is 6.61 Å². The predicted molar refractivity (Wildman–Crippen MR) is 68.9 cm³/mol. The molecule has 17 heavy (non-hydrogen) atoms. The summed E-state index contributed by atoms with van der Waals surface area (Å²) >= 11 is 0. The highest BCUT2D eigenvalue weighted by molar-refractivity contribution is 6.38. The van der Waals surface area contributed by atoms with Crippen molar-refractivity contribution in [2.24, 2.45) is 0 Å². The van der Waals surface area contributed by atoms with Crippen LogP contribution in [0.15, 0.2) is 18.5 Å². The van der Waals surface area contributed by atoms with Gasteiger partial charge in [0, 0.05) is 6.61 Å². The molecule has 0 N–H and O–H groups in total. The minimum atomic E-state index is 0.346. The van der Waals surface area contributed by atoms with Crippen molar-refractivity contribution < 1.29 is 4.74 Å². The number of hydrogen-bond acceptors (Lipinski definition) is 2. The lowest BCUT2D eigenvalue weighted by molar-refractivity contribution is -0.0586. The summed E-state index contributed by atoms with van der Waals surface area (Å²) in [6.07, 6.45) is 4.36. The van der Waals surface area contributed by atoms with Crippen molar-refractivity contribution in [3.63, 3.8) is 0 Å². The molecule has 1 aromatic carbocycles. The van der Waals surface area contributed by atoms with Gasteiger partial charge in [-0.3, -0.25) is 0 Å². The Morgan fingerprint density at radius 2 is 2.35 bits per heavy atom. The zero-order chi connectivity index (χ0) is 11.8. The number of hydrogen-bond donors (Lipinski definition) is 0. The number of imidazole rings is 1. The van der Waals surface area contributed by atoms with Gasteiger partial charge in [0.25, 0.3) is 0 Å². The molecule has 1 unspecified atom stereocenters. The second-order valence-electron chi connectivity index (χ2n) is 4.54. The van der Waals surface area contributed by atoms with E-state index in [-0.39, 0.29) is 0 Å². The maximum absolute atomic E-state index is 5.96. The Morgan fingerprint density at radius 1 is 1.53 bits per heavy atom. The first kappa shape index (κ1) is 10.8. The molecular weight excluding hydrogens is 211 g/mol. The lowest BCUT2D eigenvalue weighted by atomic mass is 9.92. The lowest BCUT2D eigenvalue weighted by Crippen LogP contribution is -2.31. The highest BCUT2D eigenvalue weighted by Gasteiger charge is 2.20. The highest BCUT2D eigenvalue weighted by atomic mass is 16.5. The molecule has 3 nitrogen and oxygen atoms in total. The number of ether oxygens (including phenoxy) is 1. The van der Waals surface area contributed by atoms with E-state index in [1.54, 1.807) is 0 Å². The van der Waals surface area contributed by atoms with Crippen molar-refractivity contribution in [3.05, 3.63) is 24.0 Å². The molecule has 1 atom stereocenters. The summed E-state index contributed by atoms with van der Waals surface area (Å²) in [5, 5.41) is 0. The maximum atomic E-state index is 5.96. The largest absolute Gasteiger partial charge is 0.376 e. The molecule has 86 valence electrons. The smallest absolute Gasteiger partial charge is 0.116 e. The molecule has 0 aliphatic carbocycles. The molecular formula is C13H15BN2O. The molecule has 0 saturated carbocycles. The van der Waals surface area contributed by atoms with Crippen LogP contribution in [0.25, 0.3) is 11.0 Å². The third-order valence-electron chi connectivity index (χ3n) is 3.45. The molecule has 2 radical (unpaired) electrons. The predicted octanol–water partition coefficient (Wildman–Crippen LogP) is 1.18. The Hall–Kier alpha value is -1.29. The minimum absolute atomic E-state index is 0.346. The normalized spacial score (nSPS) is 19.5. The van der Waals surface area contributed by atoms with Gasteiger partial charge in [0.2, 0.25) is 0 Å². The average molecular weight is 226 g/mol. The number of rotatable bonds is 3. The molecule has 1 aromatic heterocycles. The van der Waals surface area contributed by atoms with Crippen LogP contribution in [0.5, 0.6) is 0 Å². The Labute approximate surface area is 102 Å². The summed E-state index contributed by atoms with van der Waals surface area (Å²) in [5.41, 5.74) is 4.14.